The monoisotopic (exact) mass is 247 g/mol. The maximum Gasteiger partial charge on any atom is 0.420 e. The number of nitro groups is 1. The van der Waals surface area contributed by atoms with Crippen molar-refractivity contribution in [1.29, 1.82) is 0 Å². The molecular weight excluding hydrogens is 239 g/mol. The van der Waals surface area contributed by atoms with E-state index in [1.165, 1.54) is 6.92 Å². The summed E-state index contributed by atoms with van der Waals surface area (Å²) in [6.07, 6.45) is -4.86. The zero-order valence-corrected chi connectivity index (χ0v) is 8.71. The van der Waals surface area contributed by atoms with Crippen LogP contribution in [0.25, 0.3) is 5.57 Å². The van der Waals surface area contributed by atoms with E-state index in [0.717, 1.165) is 6.07 Å². The van der Waals surface area contributed by atoms with Crippen molar-refractivity contribution >= 4 is 11.3 Å². The van der Waals surface area contributed by atoms with Crippen LogP contribution in [0, 0.1) is 10.1 Å². The van der Waals surface area contributed by atoms with Gasteiger partial charge in [0.1, 0.15) is 5.56 Å². The molecule has 0 heterocycles. The number of phenols is 1. The zero-order valence-electron chi connectivity index (χ0n) is 8.71. The fourth-order valence-electron chi connectivity index (χ4n) is 1.22. The molecule has 0 aromatic heterocycles. The summed E-state index contributed by atoms with van der Waals surface area (Å²) in [5.41, 5.74) is -2.23. The van der Waals surface area contributed by atoms with E-state index < -0.39 is 28.1 Å². The van der Waals surface area contributed by atoms with Gasteiger partial charge in [-0.25, -0.2) is 0 Å². The molecule has 0 bridgehead atoms. The smallest absolute Gasteiger partial charge is 0.420 e. The average Bonchev–Trinajstić information content (AvgIpc) is 2.15. The Kier molecular flexibility index (Phi) is 3.12. The van der Waals surface area contributed by atoms with Gasteiger partial charge in [0.2, 0.25) is 5.75 Å². The third-order valence-corrected chi connectivity index (χ3v) is 2.08. The summed E-state index contributed by atoms with van der Waals surface area (Å²) in [5.74, 6) is -1.38. The molecule has 1 aromatic rings. The van der Waals surface area contributed by atoms with Gasteiger partial charge in [-0.1, -0.05) is 12.2 Å². The second-order valence-electron chi connectivity index (χ2n) is 3.43. The van der Waals surface area contributed by atoms with E-state index in [2.05, 4.69) is 6.58 Å². The number of phenolic OH excluding ortho intramolecular Hbond substituents is 1. The van der Waals surface area contributed by atoms with Crippen LogP contribution in [0.5, 0.6) is 5.75 Å². The zero-order chi connectivity index (χ0) is 13.4. The summed E-state index contributed by atoms with van der Waals surface area (Å²) in [7, 11) is 0. The average molecular weight is 247 g/mol. The first-order chi connectivity index (χ1) is 7.64. The lowest BCUT2D eigenvalue weighted by molar-refractivity contribution is -0.386. The van der Waals surface area contributed by atoms with Crippen molar-refractivity contribution < 1.29 is 23.2 Å². The van der Waals surface area contributed by atoms with Crippen molar-refractivity contribution in [2.75, 3.05) is 0 Å². The van der Waals surface area contributed by atoms with E-state index in [1.807, 2.05) is 0 Å². The van der Waals surface area contributed by atoms with Crippen molar-refractivity contribution in [3.63, 3.8) is 0 Å². The van der Waals surface area contributed by atoms with Crippen molar-refractivity contribution in [3.8, 4) is 5.75 Å². The van der Waals surface area contributed by atoms with Crippen molar-refractivity contribution in [3.05, 3.63) is 40.0 Å². The van der Waals surface area contributed by atoms with Crippen LogP contribution in [0.3, 0.4) is 0 Å². The van der Waals surface area contributed by atoms with E-state index in [0.29, 0.717) is 6.07 Å². The van der Waals surface area contributed by atoms with Gasteiger partial charge in [-0.3, -0.25) is 10.1 Å². The molecule has 1 N–H and O–H groups in total. The summed E-state index contributed by atoms with van der Waals surface area (Å²) in [6.45, 7) is 4.82. The first kappa shape index (κ1) is 13.0. The van der Waals surface area contributed by atoms with Gasteiger partial charge < -0.3 is 5.11 Å². The highest BCUT2D eigenvalue weighted by Crippen LogP contribution is 2.42. The Balaban J connectivity index is 3.60. The lowest BCUT2D eigenvalue weighted by atomic mass is 10.0. The minimum atomic E-state index is -4.86. The fourth-order valence-corrected chi connectivity index (χ4v) is 1.22. The van der Waals surface area contributed by atoms with Crippen LogP contribution < -0.4 is 0 Å². The second kappa shape index (κ2) is 4.08. The van der Waals surface area contributed by atoms with Gasteiger partial charge in [0.05, 0.1) is 4.92 Å². The Labute approximate surface area is 94.1 Å². The number of alkyl halides is 3. The number of allylic oxidation sites excluding steroid dienone is 1. The Hall–Kier alpha value is -2.05. The first-order valence-electron chi connectivity index (χ1n) is 4.39. The molecule has 1 rings (SSSR count). The van der Waals surface area contributed by atoms with Gasteiger partial charge in [-0.15, -0.1) is 0 Å². The van der Waals surface area contributed by atoms with Crippen LogP contribution in [0.1, 0.15) is 18.1 Å². The van der Waals surface area contributed by atoms with E-state index in [-0.39, 0.29) is 11.1 Å². The maximum absolute atomic E-state index is 12.5. The molecule has 17 heavy (non-hydrogen) atoms. The highest BCUT2D eigenvalue weighted by Gasteiger charge is 2.37. The predicted octanol–water partition coefficient (Wildman–Crippen LogP) is 3.35. The third kappa shape index (κ3) is 2.55. The van der Waals surface area contributed by atoms with E-state index in [4.69, 9.17) is 0 Å². The maximum atomic E-state index is 12.5. The summed E-state index contributed by atoms with van der Waals surface area (Å²) in [4.78, 5) is 9.45. The van der Waals surface area contributed by atoms with Gasteiger partial charge in [-0.2, -0.15) is 13.2 Å². The fraction of sp³-hybridized carbons (Fsp3) is 0.200. The SMILES string of the molecule is C=C(C)c1cc([N+](=O)[O-])c(O)c(C(F)(F)F)c1. The minimum Gasteiger partial charge on any atom is -0.502 e. The number of rotatable bonds is 2. The molecule has 1 aromatic carbocycles. The third-order valence-electron chi connectivity index (χ3n) is 2.08. The van der Waals surface area contributed by atoms with E-state index in [1.54, 1.807) is 0 Å². The highest BCUT2D eigenvalue weighted by atomic mass is 19.4. The van der Waals surface area contributed by atoms with Crippen LogP contribution in [0.4, 0.5) is 18.9 Å². The van der Waals surface area contributed by atoms with Crippen molar-refractivity contribution in [2.45, 2.75) is 13.1 Å². The summed E-state index contributed by atoms with van der Waals surface area (Å²) in [5, 5.41) is 19.7. The highest BCUT2D eigenvalue weighted by molar-refractivity contribution is 5.68. The van der Waals surface area contributed by atoms with Crippen LogP contribution in [0.15, 0.2) is 18.7 Å². The van der Waals surface area contributed by atoms with Crippen LogP contribution in [-0.4, -0.2) is 10.0 Å². The lowest BCUT2D eigenvalue weighted by Crippen LogP contribution is -2.07. The number of nitrogens with zero attached hydrogens (tertiary/aromatic N) is 1. The predicted molar refractivity (Wildman–Crippen MR) is 54.5 cm³/mol. The molecule has 0 spiro atoms. The number of hydrogen-bond donors (Lipinski definition) is 1. The Morgan fingerprint density at radius 3 is 2.35 bits per heavy atom. The largest absolute Gasteiger partial charge is 0.502 e. The molecule has 0 fully saturated rings. The molecule has 0 saturated heterocycles. The molecular formula is C10H8F3NO3. The molecule has 92 valence electrons. The molecule has 0 unspecified atom stereocenters. The van der Waals surface area contributed by atoms with Crippen LogP contribution in [-0.2, 0) is 6.18 Å². The molecule has 0 aliphatic carbocycles. The standard InChI is InChI=1S/C10H8F3NO3/c1-5(2)6-3-7(10(11,12)13)9(15)8(4-6)14(16)17/h3-4,15H,1H2,2H3. The van der Waals surface area contributed by atoms with Crippen molar-refractivity contribution in [2.24, 2.45) is 0 Å². The van der Waals surface area contributed by atoms with Crippen LogP contribution >= 0.6 is 0 Å². The van der Waals surface area contributed by atoms with Crippen LogP contribution in [0.2, 0.25) is 0 Å². The number of halogens is 3. The number of nitro benzene ring substituents is 1. The van der Waals surface area contributed by atoms with Gasteiger partial charge in [0.25, 0.3) is 0 Å². The Morgan fingerprint density at radius 2 is 2.00 bits per heavy atom. The minimum absolute atomic E-state index is 0.0400. The van der Waals surface area contributed by atoms with E-state index >= 15 is 0 Å². The number of hydrogen-bond acceptors (Lipinski definition) is 3. The topological polar surface area (TPSA) is 63.4 Å². The summed E-state index contributed by atoms with van der Waals surface area (Å²) in [6, 6.07) is 1.48. The lowest BCUT2D eigenvalue weighted by Gasteiger charge is -2.11. The molecule has 0 radical (unpaired) electrons. The van der Waals surface area contributed by atoms with Crippen molar-refractivity contribution in [1.82, 2.24) is 0 Å². The molecule has 0 aliphatic rings. The number of aromatic hydroxyl groups is 1. The van der Waals surface area contributed by atoms with Gasteiger partial charge in [0, 0.05) is 6.07 Å². The normalized spacial score (nSPS) is 11.3. The van der Waals surface area contributed by atoms with Gasteiger partial charge >= 0.3 is 11.9 Å². The first-order valence-corrected chi connectivity index (χ1v) is 4.39. The molecule has 0 amide bonds. The Bertz CT molecular complexity index is 494. The summed E-state index contributed by atoms with van der Waals surface area (Å²) < 4.78 is 37.6. The Morgan fingerprint density at radius 1 is 1.47 bits per heavy atom. The van der Waals surface area contributed by atoms with Gasteiger partial charge in [0.15, 0.2) is 0 Å². The van der Waals surface area contributed by atoms with E-state index in [9.17, 15) is 28.4 Å². The molecule has 0 aliphatic heterocycles. The van der Waals surface area contributed by atoms with Gasteiger partial charge in [-0.05, 0) is 18.6 Å². The second-order valence-corrected chi connectivity index (χ2v) is 3.43. The molecule has 0 atom stereocenters. The molecule has 4 nitrogen and oxygen atoms in total. The summed E-state index contributed by atoms with van der Waals surface area (Å²) >= 11 is 0. The quantitative estimate of drug-likeness (QED) is 0.643. The molecule has 7 heteroatoms. The molecule has 0 saturated carbocycles. The number of benzene rings is 1.